The van der Waals surface area contributed by atoms with Gasteiger partial charge in [-0.15, -0.1) is 0 Å². The lowest BCUT2D eigenvalue weighted by Gasteiger charge is -2.41. The number of benzene rings is 1. The van der Waals surface area contributed by atoms with E-state index in [9.17, 15) is 0 Å². The maximum absolute atomic E-state index is 6.42. The molecule has 0 aliphatic carbocycles. The summed E-state index contributed by atoms with van der Waals surface area (Å²) in [4.78, 5) is 25.7. The zero-order chi connectivity index (χ0) is 23.5. The van der Waals surface area contributed by atoms with Crippen molar-refractivity contribution in [2.75, 3.05) is 54.5 Å². The van der Waals surface area contributed by atoms with E-state index in [-0.39, 0.29) is 6.04 Å². The molecule has 0 amide bonds. The van der Waals surface area contributed by atoms with Gasteiger partial charge in [-0.3, -0.25) is 4.99 Å². The molecule has 1 atom stereocenters. The standard InChI is InChI=1S/C26H30ClN7/c1-19-18-33(25-22(27)9-6-10-29-25)13-14-34(19)24-16-23(21-8-5-7-20(15-21)17-28-2)30-26(31-24)32-11-3-4-12-32/h5-10,15-17,19H,3-4,11-14,18H2,1-2H3/t19-/m1/s1. The summed E-state index contributed by atoms with van der Waals surface area (Å²) in [5, 5.41) is 0.694. The summed E-state index contributed by atoms with van der Waals surface area (Å²) in [5.74, 6) is 2.65. The third kappa shape index (κ3) is 4.71. The van der Waals surface area contributed by atoms with Crippen LogP contribution in [0.1, 0.15) is 25.3 Å². The van der Waals surface area contributed by atoms with E-state index in [0.29, 0.717) is 5.02 Å². The second-order valence-electron chi connectivity index (χ2n) is 8.92. The van der Waals surface area contributed by atoms with E-state index in [2.05, 4.69) is 61.9 Å². The second-order valence-corrected chi connectivity index (χ2v) is 9.32. The third-order valence-electron chi connectivity index (χ3n) is 6.51. The number of anilines is 3. The molecule has 7 nitrogen and oxygen atoms in total. The van der Waals surface area contributed by atoms with Crippen LogP contribution >= 0.6 is 11.6 Å². The summed E-state index contributed by atoms with van der Waals surface area (Å²) < 4.78 is 0. The first kappa shape index (κ1) is 22.6. The van der Waals surface area contributed by atoms with Gasteiger partial charge in [0.05, 0.1) is 10.7 Å². The molecule has 0 bridgehead atoms. The number of hydrogen-bond acceptors (Lipinski definition) is 7. The topological polar surface area (TPSA) is 60.8 Å². The fourth-order valence-corrected chi connectivity index (χ4v) is 5.04. The highest BCUT2D eigenvalue weighted by Gasteiger charge is 2.28. The first-order valence-electron chi connectivity index (χ1n) is 11.9. The quantitative estimate of drug-likeness (QED) is 0.504. The average Bonchev–Trinajstić information content (AvgIpc) is 3.40. The summed E-state index contributed by atoms with van der Waals surface area (Å²) in [6.07, 6.45) is 6.04. The highest BCUT2D eigenvalue weighted by atomic mass is 35.5. The molecule has 0 spiro atoms. The first-order valence-corrected chi connectivity index (χ1v) is 12.3. The van der Waals surface area contributed by atoms with Gasteiger partial charge < -0.3 is 14.7 Å². The van der Waals surface area contributed by atoms with Crippen LogP contribution < -0.4 is 14.7 Å². The predicted molar refractivity (Wildman–Crippen MR) is 141 cm³/mol. The van der Waals surface area contributed by atoms with Gasteiger partial charge in [0.25, 0.3) is 0 Å². The number of hydrogen-bond donors (Lipinski definition) is 0. The minimum atomic E-state index is 0.250. The fraction of sp³-hybridized carbons (Fsp3) is 0.385. The molecule has 0 saturated carbocycles. The van der Waals surface area contributed by atoms with Gasteiger partial charge >= 0.3 is 0 Å². The van der Waals surface area contributed by atoms with Gasteiger partial charge in [0.15, 0.2) is 0 Å². The molecule has 0 unspecified atom stereocenters. The molecule has 176 valence electrons. The summed E-state index contributed by atoms with van der Waals surface area (Å²) in [5.41, 5.74) is 3.09. The molecule has 2 saturated heterocycles. The molecule has 0 N–H and O–H groups in total. The summed E-state index contributed by atoms with van der Waals surface area (Å²) in [7, 11) is 1.79. The molecule has 1 aromatic carbocycles. The van der Waals surface area contributed by atoms with Crippen LogP contribution in [-0.2, 0) is 0 Å². The number of rotatable bonds is 5. The molecular formula is C26H30ClN7. The largest absolute Gasteiger partial charge is 0.352 e. The molecule has 34 heavy (non-hydrogen) atoms. The van der Waals surface area contributed by atoms with Gasteiger partial charge in [-0.25, -0.2) is 9.97 Å². The predicted octanol–water partition coefficient (Wildman–Crippen LogP) is 4.56. The first-order chi connectivity index (χ1) is 16.6. The highest BCUT2D eigenvalue weighted by Crippen LogP contribution is 2.30. The van der Waals surface area contributed by atoms with E-state index in [1.165, 1.54) is 12.8 Å². The van der Waals surface area contributed by atoms with Crippen LogP contribution in [0.3, 0.4) is 0 Å². The van der Waals surface area contributed by atoms with Crippen molar-refractivity contribution in [1.82, 2.24) is 15.0 Å². The van der Waals surface area contributed by atoms with Gasteiger partial charge in [0.2, 0.25) is 5.95 Å². The van der Waals surface area contributed by atoms with Gasteiger partial charge in [-0.2, -0.15) is 4.98 Å². The average molecular weight is 476 g/mol. The molecule has 2 aliphatic rings. The van der Waals surface area contributed by atoms with E-state index in [1.807, 2.05) is 18.3 Å². The number of aromatic nitrogens is 3. The van der Waals surface area contributed by atoms with Crippen LogP contribution in [0, 0.1) is 0 Å². The van der Waals surface area contributed by atoms with Gasteiger partial charge in [0, 0.05) is 69.9 Å². The van der Waals surface area contributed by atoms with Crippen LogP contribution in [0.25, 0.3) is 11.3 Å². The maximum Gasteiger partial charge on any atom is 0.227 e. The van der Waals surface area contributed by atoms with Crippen molar-refractivity contribution in [3.8, 4) is 11.3 Å². The SMILES string of the molecule is CN=Cc1cccc(-c2cc(N3CCN(c4ncccc4Cl)C[C@H]3C)nc(N3CCCC3)n2)c1. The van der Waals surface area contributed by atoms with Crippen molar-refractivity contribution in [2.45, 2.75) is 25.8 Å². The number of nitrogens with zero attached hydrogens (tertiary/aromatic N) is 7. The van der Waals surface area contributed by atoms with Crippen molar-refractivity contribution in [3.05, 3.63) is 59.2 Å². The third-order valence-corrected chi connectivity index (χ3v) is 6.81. The second kappa shape index (κ2) is 9.97. The Bertz CT molecular complexity index is 1180. The zero-order valence-corrected chi connectivity index (χ0v) is 20.5. The van der Waals surface area contributed by atoms with E-state index in [0.717, 1.165) is 67.1 Å². The smallest absolute Gasteiger partial charge is 0.227 e. The molecule has 3 aromatic rings. The summed E-state index contributed by atoms with van der Waals surface area (Å²) >= 11 is 6.42. The van der Waals surface area contributed by atoms with Crippen LogP contribution in [0.4, 0.5) is 17.6 Å². The van der Waals surface area contributed by atoms with Crippen LogP contribution in [-0.4, -0.2) is 67.0 Å². The van der Waals surface area contributed by atoms with E-state index < -0.39 is 0 Å². The molecule has 2 fully saturated rings. The number of aliphatic imine (C=N–C) groups is 1. The van der Waals surface area contributed by atoms with Crippen molar-refractivity contribution >= 4 is 35.4 Å². The van der Waals surface area contributed by atoms with Gasteiger partial charge in [0.1, 0.15) is 11.6 Å². The molecule has 8 heteroatoms. The summed E-state index contributed by atoms with van der Waals surface area (Å²) in [6, 6.07) is 14.5. The van der Waals surface area contributed by atoms with E-state index in [1.54, 1.807) is 13.2 Å². The number of halogens is 1. The highest BCUT2D eigenvalue weighted by molar-refractivity contribution is 6.32. The maximum atomic E-state index is 6.42. The lowest BCUT2D eigenvalue weighted by molar-refractivity contribution is 0.542. The Morgan fingerprint density at radius 2 is 1.85 bits per heavy atom. The number of pyridine rings is 1. The number of piperazine rings is 1. The molecule has 0 radical (unpaired) electrons. The lowest BCUT2D eigenvalue weighted by Crippen LogP contribution is -2.52. The molecule has 2 aliphatic heterocycles. The molecule has 2 aromatic heterocycles. The minimum Gasteiger partial charge on any atom is -0.352 e. The summed E-state index contributed by atoms with van der Waals surface area (Å²) in [6.45, 7) is 6.75. The van der Waals surface area contributed by atoms with E-state index in [4.69, 9.17) is 21.6 Å². The Labute approximate surface area is 206 Å². The zero-order valence-electron chi connectivity index (χ0n) is 19.7. The van der Waals surface area contributed by atoms with Crippen molar-refractivity contribution < 1.29 is 0 Å². The van der Waals surface area contributed by atoms with E-state index >= 15 is 0 Å². The Hall–Kier alpha value is -3.19. The van der Waals surface area contributed by atoms with Crippen LogP contribution in [0.5, 0.6) is 0 Å². The van der Waals surface area contributed by atoms with Crippen LogP contribution in [0.2, 0.25) is 5.02 Å². The Kier molecular flexibility index (Phi) is 6.63. The fourth-order valence-electron chi connectivity index (χ4n) is 4.80. The van der Waals surface area contributed by atoms with Gasteiger partial charge in [-0.05, 0) is 43.5 Å². The molecular weight excluding hydrogens is 446 g/mol. The Balaban J connectivity index is 1.47. The van der Waals surface area contributed by atoms with Gasteiger partial charge in [-0.1, -0.05) is 29.8 Å². The molecule has 5 rings (SSSR count). The van der Waals surface area contributed by atoms with Crippen molar-refractivity contribution in [3.63, 3.8) is 0 Å². The Morgan fingerprint density at radius 3 is 2.62 bits per heavy atom. The van der Waals surface area contributed by atoms with Crippen molar-refractivity contribution in [2.24, 2.45) is 4.99 Å². The van der Waals surface area contributed by atoms with Crippen molar-refractivity contribution in [1.29, 1.82) is 0 Å². The minimum absolute atomic E-state index is 0.250. The molecule has 4 heterocycles. The Morgan fingerprint density at radius 1 is 1.00 bits per heavy atom. The van der Waals surface area contributed by atoms with Crippen LogP contribution in [0.15, 0.2) is 53.7 Å². The lowest BCUT2D eigenvalue weighted by atomic mass is 10.1. The monoisotopic (exact) mass is 475 g/mol. The normalized spacial score (nSPS) is 18.8.